The fourth-order valence-electron chi connectivity index (χ4n) is 5.43. The molecule has 0 amide bonds. The highest BCUT2D eigenvalue weighted by Crippen LogP contribution is 2.44. The highest BCUT2D eigenvalue weighted by molar-refractivity contribution is 6.31. The minimum Gasteiger partial charge on any atom is -0.489 e. The number of halogens is 3. The minimum atomic E-state index is -0.904. The molecule has 1 aliphatic heterocycles. The fourth-order valence-corrected chi connectivity index (χ4v) is 5.75. The lowest BCUT2D eigenvalue weighted by Crippen LogP contribution is -2.44. The number of rotatable bonds is 7. The topological polar surface area (TPSA) is 61.8 Å². The van der Waals surface area contributed by atoms with Crippen LogP contribution in [0.1, 0.15) is 43.2 Å². The zero-order chi connectivity index (χ0) is 24.5. The lowest BCUT2D eigenvalue weighted by molar-refractivity contribution is -0.139. The number of ether oxygens (including phenoxy) is 1. The summed E-state index contributed by atoms with van der Waals surface area (Å²) in [5.74, 6) is -0.625. The van der Waals surface area contributed by atoms with E-state index < -0.39 is 17.8 Å². The van der Waals surface area contributed by atoms with Gasteiger partial charge in [0.15, 0.2) is 0 Å². The number of nitrogens with one attached hydrogen (secondary N) is 1. The summed E-state index contributed by atoms with van der Waals surface area (Å²) in [5.41, 5.74) is 1.97. The third-order valence-electron chi connectivity index (χ3n) is 7.45. The molecule has 2 N–H and O–H groups in total. The van der Waals surface area contributed by atoms with Crippen molar-refractivity contribution in [2.75, 3.05) is 20.6 Å². The van der Waals surface area contributed by atoms with Crippen molar-refractivity contribution < 1.29 is 19.0 Å². The van der Waals surface area contributed by atoms with Crippen LogP contribution in [0.5, 0.6) is 5.75 Å². The van der Waals surface area contributed by atoms with E-state index in [2.05, 4.69) is 36.4 Å². The number of hydrogen-bond acceptors (Lipinski definition) is 4. The molecular formula is C26H31Cl2FN2O3. The molecular weight excluding hydrogens is 478 g/mol. The predicted octanol–water partition coefficient (Wildman–Crippen LogP) is 5.52. The van der Waals surface area contributed by atoms with Crippen molar-refractivity contribution in [3.05, 3.63) is 63.4 Å². The molecule has 5 nitrogen and oxygen atoms in total. The van der Waals surface area contributed by atoms with Crippen molar-refractivity contribution in [3.8, 4) is 5.75 Å². The molecule has 8 heteroatoms. The van der Waals surface area contributed by atoms with Crippen LogP contribution in [0.2, 0.25) is 10.0 Å². The summed E-state index contributed by atoms with van der Waals surface area (Å²) in [5, 5.41) is 12.9. The fraction of sp³-hybridized carbons (Fsp3) is 0.500. The van der Waals surface area contributed by atoms with Gasteiger partial charge in [0.05, 0.1) is 5.02 Å². The number of nitrogens with zero attached hydrogens (tertiary/aromatic N) is 1. The maximum Gasteiger partial charge on any atom is 0.320 e. The van der Waals surface area contributed by atoms with Crippen molar-refractivity contribution in [1.82, 2.24) is 10.2 Å². The van der Waals surface area contributed by atoms with Crippen LogP contribution in [0, 0.1) is 11.7 Å². The van der Waals surface area contributed by atoms with Crippen molar-refractivity contribution >= 4 is 29.2 Å². The number of carbonyl (C=O) groups is 1. The van der Waals surface area contributed by atoms with Gasteiger partial charge in [0.25, 0.3) is 0 Å². The molecule has 0 unspecified atom stereocenters. The average molecular weight is 509 g/mol. The molecule has 2 aliphatic rings. The van der Waals surface area contributed by atoms with Crippen LogP contribution in [-0.4, -0.2) is 48.8 Å². The molecule has 0 bridgehead atoms. The molecule has 1 aliphatic carbocycles. The van der Waals surface area contributed by atoms with Gasteiger partial charge in [-0.15, -0.1) is 0 Å². The van der Waals surface area contributed by atoms with Crippen LogP contribution in [0.15, 0.2) is 36.4 Å². The van der Waals surface area contributed by atoms with Crippen molar-refractivity contribution in [1.29, 1.82) is 0 Å². The Morgan fingerprint density at radius 3 is 2.47 bits per heavy atom. The zero-order valence-electron chi connectivity index (χ0n) is 19.5. The molecule has 2 aromatic rings. The summed E-state index contributed by atoms with van der Waals surface area (Å²) in [7, 11) is 4.24. The predicted molar refractivity (Wildman–Crippen MR) is 132 cm³/mol. The van der Waals surface area contributed by atoms with E-state index in [1.165, 1.54) is 11.6 Å². The van der Waals surface area contributed by atoms with Gasteiger partial charge in [0.1, 0.15) is 23.7 Å². The van der Waals surface area contributed by atoms with Crippen LogP contribution >= 0.6 is 23.2 Å². The normalized spacial score (nSPS) is 27.2. The molecule has 2 aromatic carbocycles. The second-order valence-corrected chi connectivity index (χ2v) is 10.5. The summed E-state index contributed by atoms with van der Waals surface area (Å²) in [6, 6.07) is 10.6. The maximum absolute atomic E-state index is 14.6. The Morgan fingerprint density at radius 2 is 1.88 bits per heavy atom. The molecule has 0 radical (unpaired) electrons. The Balaban J connectivity index is 1.44. The number of benzene rings is 2. The summed E-state index contributed by atoms with van der Waals surface area (Å²) in [4.78, 5) is 13.5. The molecule has 2 fully saturated rings. The van der Waals surface area contributed by atoms with Gasteiger partial charge in [-0.05, 0) is 81.4 Å². The van der Waals surface area contributed by atoms with Gasteiger partial charge < -0.3 is 15.2 Å². The molecule has 2 atom stereocenters. The van der Waals surface area contributed by atoms with E-state index in [1.807, 2.05) is 18.2 Å². The van der Waals surface area contributed by atoms with E-state index >= 15 is 0 Å². The number of carboxylic acids is 1. The first kappa shape index (κ1) is 25.2. The molecule has 1 saturated heterocycles. The smallest absolute Gasteiger partial charge is 0.320 e. The Kier molecular flexibility index (Phi) is 7.72. The van der Waals surface area contributed by atoms with Crippen LogP contribution in [-0.2, 0) is 16.8 Å². The number of hydrogen-bond donors (Lipinski definition) is 2. The summed E-state index contributed by atoms with van der Waals surface area (Å²) < 4.78 is 20.5. The largest absolute Gasteiger partial charge is 0.489 e. The SMILES string of the molecule is CN(C)C1(c2ccc(Cl)cc2)CCC(Cc2cc(O[C@@H]3CN[C@H](C(=O)O)C3)cc(F)c2Cl)CC1. The Bertz CT molecular complexity index is 1020. The highest BCUT2D eigenvalue weighted by atomic mass is 35.5. The van der Waals surface area contributed by atoms with E-state index in [1.54, 1.807) is 0 Å². The van der Waals surface area contributed by atoms with Crippen molar-refractivity contribution in [2.45, 2.75) is 56.2 Å². The molecule has 0 aromatic heterocycles. The first-order chi connectivity index (χ1) is 16.2. The summed E-state index contributed by atoms with van der Waals surface area (Å²) >= 11 is 12.4. The van der Waals surface area contributed by atoms with Crippen LogP contribution in [0.25, 0.3) is 0 Å². The summed E-state index contributed by atoms with van der Waals surface area (Å²) in [6.45, 7) is 0.413. The van der Waals surface area contributed by atoms with Gasteiger partial charge >= 0.3 is 5.97 Å². The van der Waals surface area contributed by atoms with E-state index in [0.29, 0.717) is 31.1 Å². The third-order valence-corrected chi connectivity index (χ3v) is 8.12. The lowest BCUT2D eigenvalue weighted by Gasteiger charge is -2.45. The van der Waals surface area contributed by atoms with E-state index in [9.17, 15) is 9.18 Å². The number of carboxylic acid groups (broad SMARTS) is 1. The molecule has 1 saturated carbocycles. The molecule has 0 spiro atoms. The van der Waals surface area contributed by atoms with Gasteiger partial charge in [-0.3, -0.25) is 9.69 Å². The van der Waals surface area contributed by atoms with E-state index in [4.69, 9.17) is 33.0 Å². The first-order valence-corrected chi connectivity index (χ1v) is 12.5. The Morgan fingerprint density at radius 1 is 1.21 bits per heavy atom. The third kappa shape index (κ3) is 5.35. The summed E-state index contributed by atoms with van der Waals surface area (Å²) in [6.07, 6.45) is 4.68. The first-order valence-electron chi connectivity index (χ1n) is 11.7. The van der Waals surface area contributed by atoms with Crippen molar-refractivity contribution in [2.24, 2.45) is 5.92 Å². The maximum atomic E-state index is 14.6. The minimum absolute atomic E-state index is 0.0444. The zero-order valence-corrected chi connectivity index (χ0v) is 21.0. The molecule has 184 valence electrons. The monoisotopic (exact) mass is 508 g/mol. The highest BCUT2D eigenvalue weighted by Gasteiger charge is 2.39. The van der Waals surface area contributed by atoms with Crippen LogP contribution < -0.4 is 10.1 Å². The van der Waals surface area contributed by atoms with Gasteiger partial charge in [0.2, 0.25) is 0 Å². The molecule has 1 heterocycles. The average Bonchev–Trinajstić information content (AvgIpc) is 3.27. The van der Waals surface area contributed by atoms with E-state index in [-0.39, 0.29) is 16.7 Å². The second-order valence-electron chi connectivity index (χ2n) is 9.73. The van der Waals surface area contributed by atoms with E-state index in [0.717, 1.165) is 36.3 Å². The standard InChI is InChI=1S/C26H31Cl2FN2O3/c1-31(2)26(18-3-5-19(27)6-4-18)9-7-16(8-10-26)11-17-12-20(13-22(29)24(17)28)34-21-14-23(25(32)33)30-15-21/h3-6,12-13,16,21,23,30H,7-11,14-15H2,1-2H3,(H,32,33)/t16?,21-,23-,26?/m0/s1. The quantitative estimate of drug-likeness (QED) is 0.515. The van der Waals surface area contributed by atoms with Gasteiger partial charge in [0, 0.05) is 29.6 Å². The van der Waals surface area contributed by atoms with Crippen LogP contribution in [0.4, 0.5) is 4.39 Å². The molecule has 34 heavy (non-hydrogen) atoms. The molecule has 4 rings (SSSR count). The van der Waals surface area contributed by atoms with Gasteiger partial charge in [-0.2, -0.15) is 0 Å². The van der Waals surface area contributed by atoms with Crippen molar-refractivity contribution in [3.63, 3.8) is 0 Å². The number of aliphatic carboxylic acids is 1. The Hall–Kier alpha value is -1.86. The second kappa shape index (κ2) is 10.4. The van der Waals surface area contributed by atoms with Gasteiger partial charge in [-0.1, -0.05) is 35.3 Å². The van der Waals surface area contributed by atoms with Crippen LogP contribution in [0.3, 0.4) is 0 Å². The van der Waals surface area contributed by atoms with Gasteiger partial charge in [-0.25, -0.2) is 4.39 Å². The lowest BCUT2D eigenvalue weighted by atomic mass is 9.70. The Labute approximate surface area is 210 Å².